The number of rotatable bonds is 4. The van der Waals surface area contributed by atoms with E-state index in [2.05, 4.69) is 0 Å². The van der Waals surface area contributed by atoms with Gasteiger partial charge in [0.25, 0.3) is 0 Å². The molecule has 9 nitrogen and oxygen atoms in total. The van der Waals surface area contributed by atoms with E-state index in [1.807, 2.05) is 13.7 Å². The maximum atomic E-state index is 12.1. The van der Waals surface area contributed by atoms with E-state index in [4.69, 9.17) is 19.0 Å². The summed E-state index contributed by atoms with van der Waals surface area (Å²) in [6.07, 6.45) is 2.12. The number of phenolic OH excluding ortho intramolecular Hbond substituents is 1. The van der Waals surface area contributed by atoms with Crippen LogP contribution >= 0.6 is 0 Å². The Balaban J connectivity index is 0.00000156. The van der Waals surface area contributed by atoms with Crippen LogP contribution in [0.5, 0.6) is 23.0 Å². The van der Waals surface area contributed by atoms with Gasteiger partial charge in [0, 0.05) is 12.1 Å². The molecule has 0 aliphatic carbocycles. The second-order valence-corrected chi connectivity index (χ2v) is 6.47. The van der Waals surface area contributed by atoms with Crippen molar-refractivity contribution >= 4 is 24.5 Å². The van der Waals surface area contributed by atoms with Crippen molar-refractivity contribution in [2.45, 2.75) is 40.4 Å². The van der Waals surface area contributed by atoms with E-state index < -0.39 is 16.6 Å². The van der Waals surface area contributed by atoms with Crippen LogP contribution in [-0.2, 0) is 9.59 Å². The predicted molar refractivity (Wildman–Crippen MR) is 115 cm³/mol. The topological polar surface area (TPSA) is 125 Å². The molecule has 2 atom stereocenters. The first-order valence-electron chi connectivity index (χ1n) is 8.88. The number of aromatic hydroxyl groups is 1. The van der Waals surface area contributed by atoms with Gasteiger partial charge in [0.1, 0.15) is 24.7 Å². The lowest BCUT2D eigenvalue weighted by Gasteiger charge is -2.29. The Morgan fingerprint density at radius 1 is 1.16 bits per heavy atom. The first-order valence-corrected chi connectivity index (χ1v) is 8.88. The highest BCUT2D eigenvalue weighted by Crippen LogP contribution is 2.42. The number of phenols is 1. The average Bonchev–Trinajstić information content (AvgIpc) is 2.71. The molecule has 0 amide bonds. The highest BCUT2D eigenvalue weighted by molar-refractivity contribution is 5.89. The molecule has 1 aliphatic heterocycles. The molecule has 0 aromatic heterocycles. The highest BCUT2D eigenvalue weighted by Gasteiger charge is 2.30. The SMILES string of the molecule is C.C=O.Cc1cc(/C=C/C(=O)Oc2cc3c(cc2[N+](=O)[O-])OC(C)C(C)O3)ccc1O. The van der Waals surface area contributed by atoms with E-state index >= 15 is 0 Å². The Bertz CT molecular complexity index is 986. The lowest BCUT2D eigenvalue weighted by atomic mass is 10.1. The number of benzene rings is 2. The predicted octanol–water partition coefficient (Wildman–Crippen LogP) is 4.23. The van der Waals surface area contributed by atoms with Crippen molar-refractivity contribution in [3.8, 4) is 23.0 Å². The van der Waals surface area contributed by atoms with Crippen LogP contribution < -0.4 is 14.2 Å². The smallest absolute Gasteiger partial charge is 0.336 e. The van der Waals surface area contributed by atoms with Crippen molar-refractivity contribution in [3.63, 3.8) is 0 Å². The maximum Gasteiger partial charge on any atom is 0.336 e. The van der Waals surface area contributed by atoms with Crippen molar-refractivity contribution in [2.24, 2.45) is 0 Å². The summed E-state index contributed by atoms with van der Waals surface area (Å²) in [5.74, 6) is -0.364. The van der Waals surface area contributed by atoms with Gasteiger partial charge >= 0.3 is 11.7 Å². The first-order chi connectivity index (χ1) is 14.2. The Morgan fingerprint density at radius 2 is 1.74 bits per heavy atom. The maximum absolute atomic E-state index is 12.1. The molecule has 2 aromatic rings. The summed E-state index contributed by atoms with van der Waals surface area (Å²) in [5, 5.41) is 20.9. The summed E-state index contributed by atoms with van der Waals surface area (Å²) in [6, 6.07) is 7.29. The summed E-state index contributed by atoms with van der Waals surface area (Å²) >= 11 is 0. The molecule has 2 aromatic carbocycles. The lowest BCUT2D eigenvalue weighted by molar-refractivity contribution is -0.385. The molecule has 166 valence electrons. The molecular formula is C22H25NO8. The first kappa shape index (κ1) is 25.2. The fourth-order valence-corrected chi connectivity index (χ4v) is 2.62. The van der Waals surface area contributed by atoms with Gasteiger partial charge in [-0.05, 0) is 50.1 Å². The zero-order valence-electron chi connectivity index (χ0n) is 16.7. The summed E-state index contributed by atoms with van der Waals surface area (Å²) < 4.78 is 16.4. The number of nitro groups is 1. The number of esters is 1. The van der Waals surface area contributed by atoms with Gasteiger partial charge in [-0.15, -0.1) is 0 Å². The van der Waals surface area contributed by atoms with Crippen LogP contribution in [0, 0.1) is 17.0 Å². The van der Waals surface area contributed by atoms with Gasteiger partial charge in [-0.3, -0.25) is 10.1 Å². The third-order valence-electron chi connectivity index (χ3n) is 4.35. The Kier molecular flexibility index (Phi) is 8.74. The van der Waals surface area contributed by atoms with Crippen LogP contribution in [0.3, 0.4) is 0 Å². The van der Waals surface area contributed by atoms with Crippen molar-refractivity contribution in [1.29, 1.82) is 0 Å². The van der Waals surface area contributed by atoms with E-state index in [0.717, 1.165) is 6.08 Å². The number of carbonyl (C=O) groups is 2. The lowest BCUT2D eigenvalue weighted by Crippen LogP contribution is -2.35. The van der Waals surface area contributed by atoms with Gasteiger partial charge in [-0.2, -0.15) is 0 Å². The second-order valence-electron chi connectivity index (χ2n) is 6.47. The van der Waals surface area contributed by atoms with Crippen LogP contribution in [0.25, 0.3) is 6.08 Å². The molecule has 0 saturated heterocycles. The molecule has 1 N–H and O–H groups in total. The number of nitrogens with zero attached hydrogens (tertiary/aromatic N) is 1. The van der Waals surface area contributed by atoms with Gasteiger partial charge in [0.05, 0.1) is 11.0 Å². The van der Waals surface area contributed by atoms with E-state index in [1.165, 1.54) is 24.3 Å². The number of nitro benzene ring substituents is 1. The van der Waals surface area contributed by atoms with E-state index in [-0.39, 0.29) is 42.6 Å². The number of aryl methyl sites for hydroxylation is 1. The molecule has 31 heavy (non-hydrogen) atoms. The molecule has 1 heterocycles. The molecule has 9 heteroatoms. The number of ether oxygens (including phenoxy) is 3. The van der Waals surface area contributed by atoms with Gasteiger partial charge < -0.3 is 24.1 Å². The Morgan fingerprint density at radius 3 is 2.29 bits per heavy atom. The molecule has 3 rings (SSSR count). The summed E-state index contributed by atoms with van der Waals surface area (Å²) in [5.41, 5.74) is 0.930. The normalized spacial score (nSPS) is 16.5. The summed E-state index contributed by atoms with van der Waals surface area (Å²) in [6.45, 7) is 7.33. The molecule has 0 spiro atoms. The van der Waals surface area contributed by atoms with Crippen molar-refractivity contribution in [3.05, 3.63) is 57.6 Å². The fourth-order valence-electron chi connectivity index (χ4n) is 2.62. The van der Waals surface area contributed by atoms with Crippen molar-refractivity contribution in [1.82, 2.24) is 0 Å². The zero-order valence-corrected chi connectivity index (χ0v) is 16.7. The molecule has 0 radical (unpaired) electrons. The van der Waals surface area contributed by atoms with Crippen molar-refractivity contribution < 1.29 is 33.8 Å². The molecule has 1 aliphatic rings. The monoisotopic (exact) mass is 431 g/mol. The van der Waals surface area contributed by atoms with Gasteiger partial charge in [0.2, 0.25) is 5.75 Å². The standard InChI is InChI=1S/C20H19NO7.CH2O.CH4/c1-11-8-14(4-6-16(11)22)5-7-20(23)28-17-10-19-18(9-15(17)21(24)25)26-12(2)13(3)27-19;1-2;/h4-10,12-13,22H,1-3H3;1H2;1H4/b7-5+;;. The fraction of sp³-hybridized carbons (Fsp3) is 0.273. The Labute approximate surface area is 180 Å². The summed E-state index contributed by atoms with van der Waals surface area (Å²) in [4.78, 5) is 30.9. The molecule has 0 bridgehead atoms. The largest absolute Gasteiger partial charge is 0.508 e. The van der Waals surface area contributed by atoms with Crippen LogP contribution in [-0.4, -0.2) is 35.0 Å². The van der Waals surface area contributed by atoms with E-state index in [1.54, 1.807) is 26.0 Å². The van der Waals surface area contributed by atoms with Crippen LogP contribution in [0.2, 0.25) is 0 Å². The minimum atomic E-state index is -0.785. The van der Waals surface area contributed by atoms with Gasteiger partial charge in [0.15, 0.2) is 11.5 Å². The number of fused-ring (bicyclic) bond motifs is 1. The number of hydrogen-bond acceptors (Lipinski definition) is 8. The van der Waals surface area contributed by atoms with E-state index in [9.17, 15) is 20.0 Å². The zero-order chi connectivity index (χ0) is 22.4. The number of carbonyl (C=O) groups excluding carboxylic acids is 2. The van der Waals surface area contributed by atoms with Crippen LogP contribution in [0.1, 0.15) is 32.4 Å². The number of hydrogen-bond donors (Lipinski definition) is 1. The average molecular weight is 431 g/mol. The minimum absolute atomic E-state index is 0. The van der Waals surface area contributed by atoms with Gasteiger partial charge in [-0.25, -0.2) is 4.79 Å². The molecule has 0 fully saturated rings. The second kappa shape index (κ2) is 10.8. The third-order valence-corrected chi connectivity index (χ3v) is 4.35. The summed E-state index contributed by atoms with van der Waals surface area (Å²) in [7, 11) is 0. The quantitative estimate of drug-likeness (QED) is 0.251. The van der Waals surface area contributed by atoms with E-state index in [0.29, 0.717) is 11.1 Å². The minimum Gasteiger partial charge on any atom is -0.508 e. The molecular weight excluding hydrogens is 406 g/mol. The third kappa shape index (κ3) is 6.05. The molecule has 0 saturated carbocycles. The highest BCUT2D eigenvalue weighted by atomic mass is 16.6. The van der Waals surface area contributed by atoms with Crippen LogP contribution in [0.4, 0.5) is 5.69 Å². The molecule has 2 unspecified atom stereocenters. The Hall–Kier alpha value is -3.88. The van der Waals surface area contributed by atoms with Crippen molar-refractivity contribution in [2.75, 3.05) is 0 Å². The van der Waals surface area contributed by atoms with Crippen LogP contribution in [0.15, 0.2) is 36.4 Å². The van der Waals surface area contributed by atoms with Gasteiger partial charge in [-0.1, -0.05) is 13.5 Å².